The number of carboxylic acids is 1. The smallest absolute Gasteiger partial charge is 0.306 e. The number of rotatable bonds is 59. The minimum Gasteiger partial charge on any atom is -0.545 e. The van der Waals surface area contributed by atoms with Gasteiger partial charge < -0.3 is 33.3 Å². The molecule has 458 valence electrons. The molecule has 0 aromatic carbocycles. The first-order valence-electron chi connectivity index (χ1n) is 32.5. The molecular formula is C71H121NO8. The normalized spacial score (nSPS) is 13.5. The lowest BCUT2D eigenvalue weighted by atomic mass is 10.0. The molecule has 0 fully saturated rings. The van der Waals surface area contributed by atoms with Gasteiger partial charge in [0.25, 0.3) is 0 Å². The van der Waals surface area contributed by atoms with Crippen LogP contribution in [0.2, 0.25) is 0 Å². The highest BCUT2D eigenvalue weighted by molar-refractivity contribution is 5.70. The number of aliphatic carboxylic acids is 1. The molecule has 0 heterocycles. The van der Waals surface area contributed by atoms with Crippen molar-refractivity contribution in [1.29, 1.82) is 0 Å². The molecule has 0 saturated heterocycles. The van der Waals surface area contributed by atoms with Crippen molar-refractivity contribution >= 4 is 17.9 Å². The van der Waals surface area contributed by atoms with Gasteiger partial charge in [-0.05, 0) is 103 Å². The monoisotopic (exact) mass is 1120 g/mol. The maximum Gasteiger partial charge on any atom is 0.306 e. The zero-order valence-electron chi connectivity index (χ0n) is 52.2. The summed E-state index contributed by atoms with van der Waals surface area (Å²) >= 11 is 0. The Kier molecular flexibility index (Phi) is 57.9. The number of allylic oxidation sites excluding steroid dienone is 18. The molecule has 0 saturated carbocycles. The zero-order chi connectivity index (χ0) is 58.3. The van der Waals surface area contributed by atoms with E-state index in [1.54, 1.807) is 0 Å². The van der Waals surface area contributed by atoms with Crippen molar-refractivity contribution in [1.82, 2.24) is 0 Å². The first-order valence-corrected chi connectivity index (χ1v) is 32.5. The minimum absolute atomic E-state index is 0.142. The lowest BCUT2D eigenvalue weighted by Gasteiger charge is -2.26. The van der Waals surface area contributed by atoms with Crippen molar-refractivity contribution in [3.8, 4) is 0 Å². The third-order valence-corrected chi connectivity index (χ3v) is 13.8. The summed E-state index contributed by atoms with van der Waals surface area (Å²) < 4.78 is 22.7. The van der Waals surface area contributed by atoms with E-state index >= 15 is 0 Å². The average Bonchev–Trinajstić information content (AvgIpc) is 3.43. The number of carboxylic acid groups (broad SMARTS) is 1. The van der Waals surface area contributed by atoms with E-state index in [-0.39, 0.29) is 38.6 Å². The maximum atomic E-state index is 12.9. The quantitative estimate of drug-likeness (QED) is 0.0195. The van der Waals surface area contributed by atoms with E-state index in [1.807, 2.05) is 21.1 Å². The Hall–Kier alpha value is -4.05. The summed E-state index contributed by atoms with van der Waals surface area (Å²) in [7, 11) is 5.92. The fourth-order valence-corrected chi connectivity index (χ4v) is 8.78. The summed E-state index contributed by atoms with van der Waals surface area (Å²) in [6.07, 6.45) is 81.6. The van der Waals surface area contributed by atoms with Gasteiger partial charge in [-0.25, -0.2) is 0 Å². The lowest BCUT2D eigenvalue weighted by Crippen LogP contribution is -2.44. The largest absolute Gasteiger partial charge is 0.545 e. The average molecular weight is 1120 g/mol. The Morgan fingerprint density at radius 1 is 0.388 bits per heavy atom. The van der Waals surface area contributed by atoms with Crippen LogP contribution in [-0.2, 0) is 33.3 Å². The Labute approximate surface area is 492 Å². The van der Waals surface area contributed by atoms with Crippen molar-refractivity contribution in [3.05, 3.63) is 109 Å². The second kappa shape index (κ2) is 61.0. The number of unbranched alkanes of at least 4 members (excludes halogenated alkanes) is 26. The van der Waals surface area contributed by atoms with Crippen LogP contribution in [0.25, 0.3) is 0 Å². The third kappa shape index (κ3) is 61.6. The van der Waals surface area contributed by atoms with E-state index in [1.165, 1.54) is 122 Å². The number of ether oxygens (including phenoxy) is 4. The highest BCUT2D eigenvalue weighted by Gasteiger charge is 2.22. The van der Waals surface area contributed by atoms with Crippen molar-refractivity contribution in [2.24, 2.45) is 0 Å². The second-order valence-electron chi connectivity index (χ2n) is 22.7. The molecule has 0 aromatic heterocycles. The molecule has 0 amide bonds. The molecule has 2 unspecified atom stereocenters. The molecule has 0 N–H and O–H groups in total. The number of hydrogen-bond acceptors (Lipinski definition) is 8. The topological polar surface area (TPSA) is 111 Å². The number of nitrogens with zero attached hydrogens (tertiary/aromatic N) is 1. The van der Waals surface area contributed by atoms with Crippen LogP contribution in [0.3, 0.4) is 0 Å². The molecule has 0 aliphatic heterocycles. The number of quaternary nitrogens is 1. The number of hydrogen-bond donors (Lipinski definition) is 0. The summed E-state index contributed by atoms with van der Waals surface area (Å²) in [6.45, 7) is 4.61. The molecule has 0 aromatic rings. The van der Waals surface area contributed by atoms with Crippen LogP contribution in [-0.4, -0.2) is 82.3 Å². The summed E-state index contributed by atoms with van der Waals surface area (Å²) in [5.74, 6) is -2.30. The van der Waals surface area contributed by atoms with E-state index < -0.39 is 24.3 Å². The molecule has 0 radical (unpaired) electrons. The van der Waals surface area contributed by atoms with E-state index in [9.17, 15) is 19.5 Å². The zero-order valence-corrected chi connectivity index (χ0v) is 52.2. The SMILES string of the molecule is CC/C=C\C/C=C\C/C=C\C/C=C\C/C=C\C/C=C\C/C=C\CCCCCCCCCCCCCCCCCCCC(=O)OC(COC(=O)CCCCCCC/C=C\C/C=C\CCCCCC)COC(OCC[N+](C)(C)C)C(=O)[O-]. The fourth-order valence-electron chi connectivity index (χ4n) is 8.78. The molecule has 9 nitrogen and oxygen atoms in total. The van der Waals surface area contributed by atoms with E-state index in [0.29, 0.717) is 17.4 Å². The number of likely N-dealkylation sites (N-methyl/N-ethyl adjacent to an activating group) is 1. The number of carbonyl (C=O) groups excluding carboxylic acids is 3. The summed E-state index contributed by atoms with van der Waals surface area (Å²) in [4.78, 5) is 37.3. The molecule has 0 spiro atoms. The fraction of sp³-hybridized carbons (Fsp3) is 0.704. The van der Waals surface area contributed by atoms with Gasteiger partial charge in [0.05, 0.1) is 40.3 Å². The van der Waals surface area contributed by atoms with Gasteiger partial charge in [0.15, 0.2) is 12.4 Å². The van der Waals surface area contributed by atoms with Crippen LogP contribution in [0.1, 0.15) is 264 Å². The van der Waals surface area contributed by atoms with E-state index in [0.717, 1.165) is 109 Å². The summed E-state index contributed by atoms with van der Waals surface area (Å²) in [5, 5.41) is 11.8. The lowest BCUT2D eigenvalue weighted by molar-refractivity contribution is -0.870. The Morgan fingerprint density at radius 3 is 1.06 bits per heavy atom. The van der Waals surface area contributed by atoms with Gasteiger partial charge in [-0.3, -0.25) is 9.59 Å². The van der Waals surface area contributed by atoms with Crippen molar-refractivity contribution in [2.45, 2.75) is 277 Å². The van der Waals surface area contributed by atoms with Gasteiger partial charge in [-0.15, -0.1) is 0 Å². The molecule has 80 heavy (non-hydrogen) atoms. The van der Waals surface area contributed by atoms with Crippen LogP contribution in [0.4, 0.5) is 0 Å². The molecule has 2 atom stereocenters. The Balaban J connectivity index is 4.07. The summed E-state index contributed by atoms with van der Waals surface area (Å²) in [5.41, 5.74) is 0. The second-order valence-corrected chi connectivity index (χ2v) is 22.7. The first-order chi connectivity index (χ1) is 39.1. The van der Waals surface area contributed by atoms with Gasteiger partial charge in [-0.1, -0.05) is 258 Å². The first kappa shape index (κ1) is 76.0. The van der Waals surface area contributed by atoms with Gasteiger partial charge in [0.1, 0.15) is 13.2 Å². The minimum atomic E-state index is -1.63. The van der Waals surface area contributed by atoms with Crippen LogP contribution in [0, 0.1) is 0 Å². The summed E-state index contributed by atoms with van der Waals surface area (Å²) in [6, 6.07) is 0. The highest BCUT2D eigenvalue weighted by atomic mass is 16.7. The predicted molar refractivity (Wildman–Crippen MR) is 338 cm³/mol. The van der Waals surface area contributed by atoms with Gasteiger partial charge >= 0.3 is 11.9 Å². The van der Waals surface area contributed by atoms with Crippen molar-refractivity contribution in [3.63, 3.8) is 0 Å². The van der Waals surface area contributed by atoms with E-state index in [2.05, 4.69) is 123 Å². The van der Waals surface area contributed by atoms with Crippen LogP contribution < -0.4 is 5.11 Å². The molecule has 0 rings (SSSR count). The van der Waals surface area contributed by atoms with Gasteiger partial charge in [0.2, 0.25) is 0 Å². The van der Waals surface area contributed by atoms with Gasteiger partial charge in [0, 0.05) is 12.8 Å². The van der Waals surface area contributed by atoms with Crippen LogP contribution in [0.5, 0.6) is 0 Å². The van der Waals surface area contributed by atoms with Crippen molar-refractivity contribution in [2.75, 3.05) is 47.5 Å². The Bertz CT molecular complexity index is 1680. The molecule has 0 aliphatic rings. The third-order valence-electron chi connectivity index (χ3n) is 13.8. The van der Waals surface area contributed by atoms with E-state index in [4.69, 9.17) is 18.9 Å². The number of esters is 2. The standard InChI is InChI=1S/C71H121NO8/c1-6-8-10-12-14-16-18-20-22-24-25-26-27-28-29-30-31-32-33-34-35-36-37-38-39-40-41-42-43-44-45-46-48-50-52-54-56-58-60-62-69(74)80-67(66-79-71(70(75)76)77-64-63-72(3,4)5)65-78-68(73)61-59-57-55-53-51-49-47-23-21-19-17-15-13-11-9-7-2/h8,10,14,16-17,19-20,22-23,25-26,28-29,31-32,34-35,47,67,71H,6-7,9,11-13,15,18,21,24,27,30,33,36-46,48-66H2,1-5H3/b10-8-,16-14-,19-17-,22-20-,26-25-,29-28-,32-31-,35-34-,47-23-. The van der Waals surface area contributed by atoms with Crippen molar-refractivity contribution < 1.29 is 42.9 Å². The molecular weight excluding hydrogens is 995 g/mol. The molecule has 0 bridgehead atoms. The predicted octanol–water partition coefficient (Wildman–Crippen LogP) is 18.5. The van der Waals surface area contributed by atoms with Crippen LogP contribution in [0.15, 0.2) is 109 Å². The van der Waals surface area contributed by atoms with Crippen LogP contribution >= 0.6 is 0 Å². The highest BCUT2D eigenvalue weighted by Crippen LogP contribution is 2.16. The molecule has 0 aliphatic carbocycles. The Morgan fingerprint density at radius 2 is 0.713 bits per heavy atom. The maximum absolute atomic E-state index is 12.9. The number of carbonyl (C=O) groups is 3. The molecule has 9 heteroatoms. The van der Waals surface area contributed by atoms with Gasteiger partial charge in [-0.2, -0.15) is 0 Å².